The molecule has 0 aliphatic heterocycles. The predicted molar refractivity (Wildman–Crippen MR) is 49.5 cm³/mol. The summed E-state index contributed by atoms with van der Waals surface area (Å²) in [6.07, 6.45) is 1.77. The van der Waals surface area contributed by atoms with Crippen LogP contribution >= 0.6 is 0 Å². The van der Waals surface area contributed by atoms with E-state index < -0.39 is 11.6 Å². The molecule has 1 aromatic carbocycles. The Morgan fingerprint density at radius 3 is 2.15 bits per heavy atom. The molecule has 0 bridgehead atoms. The Kier molecular flexibility index (Phi) is 3.40. The third-order valence-corrected chi connectivity index (χ3v) is 2.20. The standard InChI is InChI=1S/C11H14F2/c1-3-8(2)4-9-5-10(12)7-11(13)6-9/h5-8H,3-4H2,1-2H3/t8-/m0/s1. The largest absolute Gasteiger partial charge is 0.207 e. The van der Waals surface area contributed by atoms with Gasteiger partial charge in [0.15, 0.2) is 0 Å². The Morgan fingerprint density at radius 2 is 1.69 bits per heavy atom. The topological polar surface area (TPSA) is 0 Å². The summed E-state index contributed by atoms with van der Waals surface area (Å²) in [5, 5.41) is 0. The van der Waals surface area contributed by atoms with E-state index in [4.69, 9.17) is 0 Å². The van der Waals surface area contributed by atoms with Crippen molar-refractivity contribution >= 4 is 0 Å². The lowest BCUT2D eigenvalue weighted by Gasteiger charge is -2.08. The molecule has 13 heavy (non-hydrogen) atoms. The molecule has 1 rings (SSSR count). The van der Waals surface area contributed by atoms with E-state index in [1.807, 2.05) is 0 Å². The lowest BCUT2D eigenvalue weighted by atomic mass is 9.99. The highest BCUT2D eigenvalue weighted by atomic mass is 19.1. The van der Waals surface area contributed by atoms with E-state index in [-0.39, 0.29) is 0 Å². The summed E-state index contributed by atoms with van der Waals surface area (Å²) in [6.45, 7) is 4.14. The van der Waals surface area contributed by atoms with Crippen molar-refractivity contribution in [2.75, 3.05) is 0 Å². The van der Waals surface area contributed by atoms with Crippen LogP contribution < -0.4 is 0 Å². The van der Waals surface area contributed by atoms with E-state index in [1.54, 1.807) is 0 Å². The average Bonchev–Trinajstić information content (AvgIpc) is 2.02. The van der Waals surface area contributed by atoms with Gasteiger partial charge < -0.3 is 0 Å². The lowest BCUT2D eigenvalue weighted by Crippen LogP contribution is -1.98. The highest BCUT2D eigenvalue weighted by molar-refractivity contribution is 5.18. The lowest BCUT2D eigenvalue weighted by molar-refractivity contribution is 0.544. The number of hydrogen-bond donors (Lipinski definition) is 0. The second-order valence-corrected chi connectivity index (χ2v) is 3.50. The van der Waals surface area contributed by atoms with Crippen molar-refractivity contribution in [2.45, 2.75) is 26.7 Å². The summed E-state index contributed by atoms with van der Waals surface area (Å²) in [7, 11) is 0. The summed E-state index contributed by atoms with van der Waals surface area (Å²) in [6, 6.07) is 3.70. The normalized spacial score (nSPS) is 12.9. The van der Waals surface area contributed by atoms with Crippen molar-refractivity contribution in [1.29, 1.82) is 0 Å². The van der Waals surface area contributed by atoms with Crippen LogP contribution in [0.5, 0.6) is 0 Å². The van der Waals surface area contributed by atoms with Crippen LogP contribution in [0.4, 0.5) is 8.78 Å². The third kappa shape index (κ3) is 3.13. The second kappa shape index (κ2) is 4.35. The zero-order valence-electron chi connectivity index (χ0n) is 7.98. The van der Waals surface area contributed by atoms with Gasteiger partial charge in [0.05, 0.1) is 0 Å². The molecule has 0 fully saturated rings. The molecule has 0 amide bonds. The summed E-state index contributed by atoms with van der Waals surface area (Å²) < 4.78 is 25.5. The first kappa shape index (κ1) is 10.2. The van der Waals surface area contributed by atoms with Crippen LogP contribution in [0.3, 0.4) is 0 Å². The molecule has 0 spiro atoms. The van der Waals surface area contributed by atoms with E-state index in [0.717, 1.165) is 24.5 Å². The summed E-state index contributed by atoms with van der Waals surface area (Å²) >= 11 is 0. The molecule has 1 aromatic rings. The molecular weight excluding hydrogens is 170 g/mol. The fourth-order valence-corrected chi connectivity index (χ4v) is 1.28. The van der Waals surface area contributed by atoms with Gasteiger partial charge in [-0.05, 0) is 30.0 Å². The van der Waals surface area contributed by atoms with Crippen molar-refractivity contribution < 1.29 is 8.78 Å². The quantitative estimate of drug-likeness (QED) is 0.673. The van der Waals surface area contributed by atoms with Gasteiger partial charge >= 0.3 is 0 Å². The van der Waals surface area contributed by atoms with E-state index in [9.17, 15) is 8.78 Å². The van der Waals surface area contributed by atoms with Gasteiger partial charge in [-0.15, -0.1) is 0 Å². The molecule has 0 aliphatic carbocycles. The second-order valence-electron chi connectivity index (χ2n) is 3.50. The zero-order valence-corrected chi connectivity index (χ0v) is 7.98. The van der Waals surface area contributed by atoms with Gasteiger partial charge in [-0.1, -0.05) is 20.3 Å². The molecule has 1 atom stereocenters. The molecule has 0 nitrogen and oxygen atoms in total. The summed E-state index contributed by atoms with van der Waals surface area (Å²) in [5.74, 6) is -0.502. The van der Waals surface area contributed by atoms with E-state index >= 15 is 0 Å². The first-order chi connectivity index (χ1) is 6.11. The Labute approximate surface area is 77.6 Å². The molecule has 0 N–H and O–H groups in total. The van der Waals surface area contributed by atoms with Crippen LogP contribution in [0.1, 0.15) is 25.8 Å². The van der Waals surface area contributed by atoms with Gasteiger partial charge in [-0.25, -0.2) is 8.78 Å². The molecule has 0 aromatic heterocycles. The third-order valence-electron chi connectivity index (χ3n) is 2.20. The Hall–Kier alpha value is -0.920. The zero-order chi connectivity index (χ0) is 9.84. The van der Waals surface area contributed by atoms with E-state index in [0.29, 0.717) is 5.92 Å². The number of hydrogen-bond acceptors (Lipinski definition) is 0. The minimum Gasteiger partial charge on any atom is -0.207 e. The fourth-order valence-electron chi connectivity index (χ4n) is 1.28. The highest BCUT2D eigenvalue weighted by Gasteiger charge is 2.04. The SMILES string of the molecule is CC[C@H](C)Cc1cc(F)cc(F)c1. The van der Waals surface area contributed by atoms with Gasteiger partial charge in [-0.2, -0.15) is 0 Å². The highest BCUT2D eigenvalue weighted by Crippen LogP contribution is 2.14. The first-order valence-electron chi connectivity index (χ1n) is 4.56. The summed E-state index contributed by atoms with van der Waals surface area (Å²) in [4.78, 5) is 0. The van der Waals surface area contributed by atoms with Crippen molar-refractivity contribution in [1.82, 2.24) is 0 Å². The molecular formula is C11H14F2. The molecule has 0 saturated carbocycles. The van der Waals surface area contributed by atoms with Crippen molar-refractivity contribution in [3.63, 3.8) is 0 Å². The molecule has 2 heteroatoms. The van der Waals surface area contributed by atoms with Gasteiger partial charge in [0, 0.05) is 6.07 Å². The maximum Gasteiger partial charge on any atom is 0.126 e. The van der Waals surface area contributed by atoms with Crippen molar-refractivity contribution in [3.8, 4) is 0 Å². The smallest absolute Gasteiger partial charge is 0.126 e. The van der Waals surface area contributed by atoms with Crippen molar-refractivity contribution in [2.24, 2.45) is 5.92 Å². The minimum absolute atomic E-state index is 0.473. The Bertz CT molecular complexity index is 261. The number of benzene rings is 1. The van der Waals surface area contributed by atoms with Gasteiger partial charge in [0.2, 0.25) is 0 Å². The number of halogens is 2. The van der Waals surface area contributed by atoms with Crippen LogP contribution in [-0.4, -0.2) is 0 Å². The number of rotatable bonds is 3. The Balaban J connectivity index is 2.77. The van der Waals surface area contributed by atoms with Crippen molar-refractivity contribution in [3.05, 3.63) is 35.4 Å². The van der Waals surface area contributed by atoms with Crippen LogP contribution in [0.15, 0.2) is 18.2 Å². The molecule has 72 valence electrons. The predicted octanol–water partition coefficient (Wildman–Crippen LogP) is 3.55. The molecule has 0 radical (unpaired) electrons. The van der Waals surface area contributed by atoms with Crippen LogP contribution in [0.2, 0.25) is 0 Å². The monoisotopic (exact) mass is 184 g/mol. The average molecular weight is 184 g/mol. The van der Waals surface area contributed by atoms with Crippen LogP contribution in [0.25, 0.3) is 0 Å². The van der Waals surface area contributed by atoms with Crippen LogP contribution in [-0.2, 0) is 6.42 Å². The Morgan fingerprint density at radius 1 is 1.15 bits per heavy atom. The van der Waals surface area contributed by atoms with Gasteiger partial charge in [-0.3, -0.25) is 0 Å². The maximum absolute atomic E-state index is 12.7. The maximum atomic E-state index is 12.7. The molecule has 0 aliphatic rings. The summed E-state index contributed by atoms with van der Waals surface area (Å²) in [5.41, 5.74) is 0.742. The fraction of sp³-hybridized carbons (Fsp3) is 0.455. The van der Waals surface area contributed by atoms with Crippen LogP contribution in [0, 0.1) is 17.6 Å². The van der Waals surface area contributed by atoms with E-state index in [2.05, 4.69) is 13.8 Å². The molecule has 0 saturated heterocycles. The molecule has 0 heterocycles. The first-order valence-corrected chi connectivity index (χ1v) is 4.56. The molecule has 0 unspecified atom stereocenters. The van der Waals surface area contributed by atoms with E-state index in [1.165, 1.54) is 12.1 Å². The van der Waals surface area contributed by atoms with Gasteiger partial charge in [0.25, 0.3) is 0 Å². The minimum atomic E-state index is -0.488. The van der Waals surface area contributed by atoms with Gasteiger partial charge in [0.1, 0.15) is 11.6 Å².